The van der Waals surface area contributed by atoms with E-state index in [2.05, 4.69) is 20.3 Å². The molecule has 1 heterocycles. The normalized spacial score (nSPS) is 10.8. The first-order valence-corrected chi connectivity index (χ1v) is 4.61. The number of H-pyrrole nitrogens is 1. The van der Waals surface area contributed by atoms with Gasteiger partial charge in [-0.15, -0.1) is 5.11 Å². The number of aromatic nitrogens is 2. The Morgan fingerprint density at radius 1 is 1.73 bits per heavy atom. The van der Waals surface area contributed by atoms with Crippen molar-refractivity contribution >= 4 is 11.7 Å². The van der Waals surface area contributed by atoms with Crippen molar-refractivity contribution in [3.63, 3.8) is 0 Å². The zero-order valence-electron chi connectivity index (χ0n) is 8.77. The number of nitrogens with one attached hydrogen (secondary N) is 1. The maximum absolute atomic E-state index is 10.9. The van der Waals surface area contributed by atoms with Gasteiger partial charge in [0.25, 0.3) is 5.91 Å². The van der Waals surface area contributed by atoms with Crippen LogP contribution in [0.3, 0.4) is 0 Å². The van der Waals surface area contributed by atoms with Gasteiger partial charge in [-0.1, -0.05) is 12.1 Å². The van der Waals surface area contributed by atoms with Crippen molar-refractivity contribution in [2.75, 3.05) is 13.6 Å². The molecule has 0 aliphatic carbocycles. The van der Waals surface area contributed by atoms with Crippen LogP contribution in [0.5, 0.6) is 0 Å². The Hall–Kier alpha value is -1.92. The quantitative estimate of drug-likeness (QED) is 0.556. The largest absolute Gasteiger partial charge is 0.364 e. The summed E-state index contributed by atoms with van der Waals surface area (Å²) in [6.07, 6.45) is 2.33. The number of primary amides is 1. The van der Waals surface area contributed by atoms with E-state index in [1.54, 1.807) is 12.1 Å². The lowest BCUT2D eigenvalue weighted by Crippen LogP contribution is -2.12. The van der Waals surface area contributed by atoms with Gasteiger partial charge in [-0.2, -0.15) is 0 Å². The first-order valence-electron chi connectivity index (χ1n) is 4.61. The molecule has 1 aromatic heterocycles. The van der Waals surface area contributed by atoms with E-state index in [1.807, 2.05) is 6.92 Å². The highest BCUT2D eigenvalue weighted by Crippen LogP contribution is 2.13. The van der Waals surface area contributed by atoms with Gasteiger partial charge in [-0.3, -0.25) is 9.80 Å². The fourth-order valence-electron chi connectivity index (χ4n) is 1.03. The number of rotatable bonds is 5. The summed E-state index contributed by atoms with van der Waals surface area (Å²) in [5.41, 5.74) is 5.27. The lowest BCUT2D eigenvalue weighted by atomic mass is 10.4. The molecule has 3 N–H and O–H groups in total. The van der Waals surface area contributed by atoms with Crippen molar-refractivity contribution in [2.45, 2.75) is 13.3 Å². The van der Waals surface area contributed by atoms with Crippen LogP contribution in [0.4, 0.5) is 5.82 Å². The number of nitrogens with two attached hydrogens (primary N) is 1. The summed E-state index contributed by atoms with van der Waals surface area (Å²) < 4.78 is 0. The molecule has 7 nitrogen and oxygen atoms in total. The molecule has 0 unspecified atom stereocenters. The summed E-state index contributed by atoms with van der Waals surface area (Å²) in [6, 6.07) is 0. The summed E-state index contributed by atoms with van der Waals surface area (Å²) in [5, 5.41) is 9.35. The molecule has 0 aliphatic rings. The molecule has 7 heteroatoms. The van der Waals surface area contributed by atoms with Crippen molar-refractivity contribution in [2.24, 2.45) is 16.1 Å². The highest BCUT2D eigenvalue weighted by molar-refractivity contribution is 5.94. The summed E-state index contributed by atoms with van der Waals surface area (Å²) in [6.45, 7) is 2.83. The molecule has 0 radical (unpaired) electrons. The maximum Gasteiger partial charge on any atom is 0.269 e. The van der Waals surface area contributed by atoms with Gasteiger partial charge >= 0.3 is 0 Å². The summed E-state index contributed by atoms with van der Waals surface area (Å²) >= 11 is 0. The lowest BCUT2D eigenvalue weighted by molar-refractivity contribution is 0.0996. The zero-order valence-corrected chi connectivity index (χ0v) is 8.77. The Morgan fingerprint density at radius 3 is 3.07 bits per heavy atom. The van der Waals surface area contributed by atoms with E-state index < -0.39 is 5.91 Å². The highest BCUT2D eigenvalue weighted by Gasteiger charge is 2.09. The average molecular weight is 210 g/mol. The van der Waals surface area contributed by atoms with Crippen LogP contribution in [0.15, 0.2) is 16.7 Å². The van der Waals surface area contributed by atoms with Crippen molar-refractivity contribution in [1.29, 1.82) is 0 Å². The molecule has 0 atom stereocenters. The lowest BCUT2D eigenvalue weighted by Gasteiger charge is -2.07. The van der Waals surface area contributed by atoms with E-state index in [4.69, 9.17) is 5.73 Å². The van der Waals surface area contributed by atoms with Gasteiger partial charge < -0.3 is 10.7 Å². The van der Waals surface area contributed by atoms with Gasteiger partial charge in [-0.05, 0) is 6.42 Å². The fraction of sp³-hybridized carbons (Fsp3) is 0.500. The monoisotopic (exact) mass is 210 g/mol. The highest BCUT2D eigenvalue weighted by atomic mass is 16.1. The molecule has 0 spiro atoms. The number of imidazole rings is 1. The van der Waals surface area contributed by atoms with Crippen molar-refractivity contribution in [1.82, 2.24) is 15.0 Å². The second kappa shape index (κ2) is 5.08. The Kier molecular flexibility index (Phi) is 3.78. The van der Waals surface area contributed by atoms with Crippen molar-refractivity contribution in [3.8, 4) is 0 Å². The molecular formula is C8H14N6O. The molecule has 1 aromatic rings. The van der Waals surface area contributed by atoms with Gasteiger partial charge in [0.1, 0.15) is 0 Å². The third kappa shape index (κ3) is 3.04. The van der Waals surface area contributed by atoms with Crippen LogP contribution in [0.2, 0.25) is 0 Å². The third-order valence-corrected chi connectivity index (χ3v) is 1.71. The van der Waals surface area contributed by atoms with Gasteiger partial charge in [0.15, 0.2) is 5.69 Å². The Bertz CT molecular complexity index is 358. The smallest absolute Gasteiger partial charge is 0.269 e. The molecule has 1 amide bonds. The van der Waals surface area contributed by atoms with Crippen LogP contribution in [0, 0.1) is 0 Å². The van der Waals surface area contributed by atoms with E-state index in [0.717, 1.165) is 13.0 Å². The molecular weight excluding hydrogens is 196 g/mol. The van der Waals surface area contributed by atoms with Crippen LogP contribution in [0.1, 0.15) is 23.8 Å². The molecule has 0 aliphatic heterocycles. The minimum Gasteiger partial charge on any atom is -0.364 e. The Balaban J connectivity index is 2.71. The van der Waals surface area contributed by atoms with Crippen LogP contribution >= 0.6 is 0 Å². The summed E-state index contributed by atoms with van der Waals surface area (Å²) in [7, 11) is 1.80. The van der Waals surface area contributed by atoms with Gasteiger partial charge in [0.2, 0.25) is 5.82 Å². The third-order valence-electron chi connectivity index (χ3n) is 1.71. The Labute approximate surface area is 87.4 Å². The SMILES string of the molecule is CCCN(C)N=Nc1nc[nH]c1C(N)=O. The predicted molar refractivity (Wildman–Crippen MR) is 54.5 cm³/mol. The molecule has 0 saturated carbocycles. The molecule has 82 valence electrons. The van der Waals surface area contributed by atoms with Crippen molar-refractivity contribution < 1.29 is 4.79 Å². The van der Waals surface area contributed by atoms with E-state index >= 15 is 0 Å². The number of hydrogen-bond acceptors (Lipinski definition) is 4. The maximum atomic E-state index is 10.9. The van der Waals surface area contributed by atoms with Crippen LogP contribution in [-0.4, -0.2) is 34.5 Å². The van der Waals surface area contributed by atoms with Gasteiger partial charge in [-0.25, -0.2) is 4.98 Å². The number of hydrogen-bond donors (Lipinski definition) is 2. The van der Waals surface area contributed by atoms with Gasteiger partial charge in [0.05, 0.1) is 6.33 Å². The molecule has 1 rings (SSSR count). The van der Waals surface area contributed by atoms with E-state index in [1.165, 1.54) is 6.33 Å². The number of carbonyl (C=O) groups is 1. The predicted octanol–water partition coefficient (Wildman–Crippen LogP) is 0.849. The number of aromatic amines is 1. The van der Waals surface area contributed by atoms with Gasteiger partial charge in [0, 0.05) is 13.6 Å². The average Bonchev–Trinajstić information content (AvgIpc) is 2.63. The fourth-order valence-corrected chi connectivity index (χ4v) is 1.03. The molecule has 0 bridgehead atoms. The van der Waals surface area contributed by atoms with Crippen LogP contribution < -0.4 is 5.73 Å². The first-order chi connectivity index (χ1) is 7.15. The van der Waals surface area contributed by atoms with E-state index in [0.29, 0.717) is 0 Å². The number of carbonyl (C=O) groups excluding carboxylic acids is 1. The number of nitrogens with zero attached hydrogens (tertiary/aromatic N) is 4. The minimum absolute atomic E-state index is 0.170. The summed E-state index contributed by atoms with van der Waals surface area (Å²) in [4.78, 5) is 17.3. The minimum atomic E-state index is -0.598. The van der Waals surface area contributed by atoms with Crippen molar-refractivity contribution in [3.05, 3.63) is 12.0 Å². The first kappa shape index (κ1) is 11.2. The molecule has 0 saturated heterocycles. The molecule has 15 heavy (non-hydrogen) atoms. The zero-order chi connectivity index (χ0) is 11.3. The standard InChI is InChI=1S/C8H14N6O/c1-3-4-14(2)13-12-8-6(7(9)15)10-5-11-8/h5H,3-4H2,1-2H3,(H2,9,15)(H,10,11). The van der Waals surface area contributed by atoms with Crippen LogP contribution in [0.25, 0.3) is 0 Å². The Morgan fingerprint density at radius 2 is 2.47 bits per heavy atom. The van der Waals surface area contributed by atoms with E-state index in [-0.39, 0.29) is 11.5 Å². The van der Waals surface area contributed by atoms with Crippen LogP contribution in [-0.2, 0) is 0 Å². The second-order valence-corrected chi connectivity index (χ2v) is 3.04. The summed E-state index contributed by atoms with van der Waals surface area (Å²) in [5.74, 6) is -0.384. The molecule has 0 fully saturated rings. The molecule has 0 aromatic carbocycles. The number of amides is 1. The second-order valence-electron chi connectivity index (χ2n) is 3.04. The topological polar surface area (TPSA) is 99.7 Å². The van der Waals surface area contributed by atoms with E-state index in [9.17, 15) is 4.79 Å².